The zero-order valence-corrected chi connectivity index (χ0v) is 8.00. The molecule has 6 heteroatoms. The smallest absolute Gasteiger partial charge is 0.202 e. The van der Waals surface area contributed by atoms with Gasteiger partial charge >= 0.3 is 0 Å². The standard InChI is InChI=1S/C7H8ClN5/c1-13(2)6-4-5(9-3-10-6)12-7(8)11-4/h3H,1-2H3,(H,9,10,11,12). The maximum atomic E-state index is 5.71. The minimum Gasteiger partial charge on any atom is -0.361 e. The second kappa shape index (κ2) is 2.85. The SMILES string of the molecule is CN(C)c1ncnc2nc(Cl)[nH]c12. The molecule has 0 amide bonds. The number of hydrogen-bond acceptors (Lipinski definition) is 4. The monoisotopic (exact) mass is 197 g/mol. The Kier molecular flexibility index (Phi) is 1.81. The van der Waals surface area contributed by atoms with Gasteiger partial charge in [0.15, 0.2) is 11.5 Å². The van der Waals surface area contributed by atoms with Crippen molar-refractivity contribution in [2.75, 3.05) is 19.0 Å². The van der Waals surface area contributed by atoms with Crippen molar-refractivity contribution in [3.8, 4) is 0 Å². The molecule has 2 aromatic heterocycles. The van der Waals surface area contributed by atoms with Crippen LogP contribution in [0.15, 0.2) is 6.33 Å². The van der Waals surface area contributed by atoms with E-state index in [1.807, 2.05) is 19.0 Å². The van der Waals surface area contributed by atoms with Crippen LogP contribution in [0.3, 0.4) is 0 Å². The van der Waals surface area contributed by atoms with Gasteiger partial charge in [-0.05, 0) is 11.6 Å². The van der Waals surface area contributed by atoms with E-state index in [1.54, 1.807) is 0 Å². The third-order valence-electron chi connectivity index (χ3n) is 1.66. The van der Waals surface area contributed by atoms with Crippen molar-refractivity contribution in [3.63, 3.8) is 0 Å². The molecule has 0 unspecified atom stereocenters. The van der Waals surface area contributed by atoms with Crippen LogP contribution in [0.2, 0.25) is 5.28 Å². The lowest BCUT2D eigenvalue weighted by molar-refractivity contribution is 1.06. The molecule has 0 aliphatic heterocycles. The number of anilines is 1. The van der Waals surface area contributed by atoms with Gasteiger partial charge in [-0.25, -0.2) is 9.97 Å². The van der Waals surface area contributed by atoms with Crippen LogP contribution in [0.5, 0.6) is 0 Å². The molecule has 0 saturated heterocycles. The number of fused-ring (bicyclic) bond motifs is 1. The summed E-state index contributed by atoms with van der Waals surface area (Å²) in [7, 11) is 3.80. The summed E-state index contributed by atoms with van der Waals surface area (Å²) in [5.74, 6) is 0.782. The fourth-order valence-corrected chi connectivity index (χ4v) is 1.30. The fraction of sp³-hybridized carbons (Fsp3) is 0.286. The molecule has 0 aromatic carbocycles. The molecule has 13 heavy (non-hydrogen) atoms. The lowest BCUT2D eigenvalue weighted by atomic mass is 10.5. The Morgan fingerprint density at radius 1 is 1.38 bits per heavy atom. The molecule has 2 rings (SSSR count). The van der Waals surface area contributed by atoms with E-state index in [0.29, 0.717) is 10.9 Å². The zero-order valence-electron chi connectivity index (χ0n) is 7.24. The Hall–Kier alpha value is -1.36. The second-order valence-electron chi connectivity index (χ2n) is 2.82. The van der Waals surface area contributed by atoms with Crippen LogP contribution in [0.4, 0.5) is 5.82 Å². The molecule has 0 fully saturated rings. The summed E-state index contributed by atoms with van der Waals surface area (Å²) >= 11 is 5.71. The number of imidazole rings is 1. The number of hydrogen-bond donors (Lipinski definition) is 1. The Bertz CT molecular complexity index is 435. The highest BCUT2D eigenvalue weighted by atomic mass is 35.5. The Morgan fingerprint density at radius 3 is 2.85 bits per heavy atom. The van der Waals surface area contributed by atoms with Crippen LogP contribution < -0.4 is 4.90 Å². The summed E-state index contributed by atoms with van der Waals surface area (Å²) in [6.07, 6.45) is 1.47. The van der Waals surface area contributed by atoms with Crippen LogP contribution >= 0.6 is 11.6 Å². The Labute approximate surface area is 79.8 Å². The molecule has 68 valence electrons. The number of H-pyrrole nitrogens is 1. The van der Waals surface area contributed by atoms with Gasteiger partial charge < -0.3 is 9.88 Å². The number of nitrogens with one attached hydrogen (secondary N) is 1. The van der Waals surface area contributed by atoms with Crippen molar-refractivity contribution < 1.29 is 0 Å². The van der Waals surface area contributed by atoms with Crippen LogP contribution in [0, 0.1) is 0 Å². The van der Waals surface area contributed by atoms with Gasteiger partial charge in [0.2, 0.25) is 5.28 Å². The van der Waals surface area contributed by atoms with Crippen molar-refractivity contribution in [1.29, 1.82) is 0 Å². The van der Waals surface area contributed by atoms with Crippen molar-refractivity contribution in [2.45, 2.75) is 0 Å². The van der Waals surface area contributed by atoms with Gasteiger partial charge in [0, 0.05) is 14.1 Å². The van der Waals surface area contributed by atoms with Crippen molar-refractivity contribution >= 4 is 28.6 Å². The molecule has 0 spiro atoms. The number of aromatic nitrogens is 4. The highest BCUT2D eigenvalue weighted by molar-refractivity contribution is 6.29. The van der Waals surface area contributed by atoms with E-state index in [9.17, 15) is 0 Å². The summed E-state index contributed by atoms with van der Waals surface area (Å²) in [6.45, 7) is 0. The molecule has 5 nitrogen and oxygen atoms in total. The predicted octanol–water partition coefficient (Wildman–Crippen LogP) is 1.07. The van der Waals surface area contributed by atoms with E-state index < -0.39 is 0 Å². The summed E-state index contributed by atoms with van der Waals surface area (Å²) in [6, 6.07) is 0. The van der Waals surface area contributed by atoms with E-state index in [-0.39, 0.29) is 0 Å². The maximum Gasteiger partial charge on any atom is 0.202 e. The first-order valence-electron chi connectivity index (χ1n) is 3.72. The summed E-state index contributed by atoms with van der Waals surface area (Å²) < 4.78 is 0. The third kappa shape index (κ3) is 1.31. The summed E-state index contributed by atoms with van der Waals surface area (Å²) in [5.41, 5.74) is 1.35. The van der Waals surface area contributed by atoms with E-state index in [2.05, 4.69) is 19.9 Å². The van der Waals surface area contributed by atoms with E-state index >= 15 is 0 Å². The van der Waals surface area contributed by atoms with E-state index in [4.69, 9.17) is 11.6 Å². The molecule has 2 heterocycles. The number of rotatable bonds is 1. The number of aromatic amines is 1. The van der Waals surface area contributed by atoms with E-state index in [0.717, 1.165) is 11.3 Å². The minimum atomic E-state index is 0.332. The Balaban J connectivity index is 2.75. The van der Waals surface area contributed by atoms with Crippen LogP contribution in [0.1, 0.15) is 0 Å². The lowest BCUT2D eigenvalue weighted by Crippen LogP contribution is -2.11. The number of halogens is 1. The quantitative estimate of drug-likeness (QED) is 0.695. The van der Waals surface area contributed by atoms with Crippen molar-refractivity contribution in [3.05, 3.63) is 11.6 Å². The molecule has 0 aliphatic rings. The lowest BCUT2D eigenvalue weighted by Gasteiger charge is -2.10. The second-order valence-corrected chi connectivity index (χ2v) is 3.18. The minimum absolute atomic E-state index is 0.332. The molecule has 0 radical (unpaired) electrons. The average Bonchev–Trinajstić information content (AvgIpc) is 2.43. The largest absolute Gasteiger partial charge is 0.361 e. The summed E-state index contributed by atoms with van der Waals surface area (Å²) in [4.78, 5) is 16.8. The first-order chi connectivity index (χ1) is 6.18. The fourth-order valence-electron chi connectivity index (χ4n) is 1.13. The van der Waals surface area contributed by atoms with Crippen molar-refractivity contribution in [2.24, 2.45) is 0 Å². The van der Waals surface area contributed by atoms with Gasteiger partial charge in [-0.3, -0.25) is 0 Å². The highest BCUT2D eigenvalue weighted by Gasteiger charge is 2.08. The van der Waals surface area contributed by atoms with Gasteiger partial charge in [-0.2, -0.15) is 4.98 Å². The van der Waals surface area contributed by atoms with Gasteiger partial charge in [-0.1, -0.05) is 0 Å². The molecule has 1 N–H and O–H groups in total. The maximum absolute atomic E-state index is 5.71. The normalized spacial score (nSPS) is 10.7. The highest BCUT2D eigenvalue weighted by Crippen LogP contribution is 2.19. The van der Waals surface area contributed by atoms with Crippen LogP contribution in [0.25, 0.3) is 11.2 Å². The van der Waals surface area contributed by atoms with Gasteiger partial charge in [0.25, 0.3) is 0 Å². The van der Waals surface area contributed by atoms with Gasteiger partial charge in [-0.15, -0.1) is 0 Å². The third-order valence-corrected chi connectivity index (χ3v) is 1.84. The molecule has 0 atom stereocenters. The predicted molar refractivity (Wildman–Crippen MR) is 51.0 cm³/mol. The average molecular weight is 198 g/mol. The number of nitrogens with zero attached hydrogens (tertiary/aromatic N) is 4. The summed E-state index contributed by atoms with van der Waals surface area (Å²) in [5, 5.41) is 0.332. The van der Waals surface area contributed by atoms with Gasteiger partial charge in [0.1, 0.15) is 11.8 Å². The molecular formula is C7H8ClN5. The van der Waals surface area contributed by atoms with Crippen molar-refractivity contribution in [1.82, 2.24) is 19.9 Å². The first-order valence-corrected chi connectivity index (χ1v) is 4.10. The molecule has 2 aromatic rings. The molecular weight excluding hydrogens is 190 g/mol. The van der Waals surface area contributed by atoms with E-state index in [1.165, 1.54) is 6.33 Å². The zero-order chi connectivity index (χ0) is 9.42. The first kappa shape index (κ1) is 8.25. The molecule has 0 bridgehead atoms. The topological polar surface area (TPSA) is 57.7 Å². The van der Waals surface area contributed by atoms with Crippen LogP contribution in [-0.4, -0.2) is 34.0 Å². The Morgan fingerprint density at radius 2 is 2.15 bits per heavy atom. The van der Waals surface area contributed by atoms with Gasteiger partial charge in [0.05, 0.1) is 0 Å². The molecule has 0 saturated carbocycles. The molecule has 0 aliphatic carbocycles. The van der Waals surface area contributed by atoms with Crippen LogP contribution in [-0.2, 0) is 0 Å².